The second kappa shape index (κ2) is 9.73. The van der Waals surface area contributed by atoms with Crippen LogP contribution >= 0.6 is 23.8 Å². The first-order chi connectivity index (χ1) is 11.6. The quantitative estimate of drug-likeness (QED) is 0.313. The third-order valence-corrected chi connectivity index (χ3v) is 4.06. The van der Waals surface area contributed by atoms with E-state index < -0.39 is 4.92 Å². The summed E-state index contributed by atoms with van der Waals surface area (Å²) in [6, 6.07) is 4.15. The molecule has 1 saturated heterocycles. The van der Waals surface area contributed by atoms with Gasteiger partial charge in [0.25, 0.3) is 5.69 Å². The van der Waals surface area contributed by atoms with Crippen LogP contribution < -0.4 is 10.6 Å². The van der Waals surface area contributed by atoms with Gasteiger partial charge < -0.3 is 20.1 Å². The summed E-state index contributed by atoms with van der Waals surface area (Å²) in [4.78, 5) is 10.3. The SMILES string of the molecule is O=[N+]([O-])c1ccc(Cl)c(NC(=S)NCCCOC[C@@H]2CCCO2)c1. The molecular formula is C15H20ClN3O4S. The van der Waals surface area contributed by atoms with Crippen LogP contribution in [-0.2, 0) is 9.47 Å². The minimum atomic E-state index is -0.483. The molecule has 1 heterocycles. The molecule has 0 amide bonds. The molecule has 0 spiro atoms. The summed E-state index contributed by atoms with van der Waals surface area (Å²) in [7, 11) is 0. The Labute approximate surface area is 150 Å². The maximum atomic E-state index is 10.8. The number of nitrogens with one attached hydrogen (secondary N) is 2. The van der Waals surface area contributed by atoms with Gasteiger partial charge in [-0.05, 0) is 37.5 Å². The number of halogens is 1. The summed E-state index contributed by atoms with van der Waals surface area (Å²) < 4.78 is 11.0. The van der Waals surface area contributed by atoms with Crippen molar-refractivity contribution in [3.63, 3.8) is 0 Å². The highest BCUT2D eigenvalue weighted by atomic mass is 35.5. The molecule has 24 heavy (non-hydrogen) atoms. The highest BCUT2D eigenvalue weighted by molar-refractivity contribution is 7.80. The zero-order valence-corrected chi connectivity index (χ0v) is 14.7. The van der Waals surface area contributed by atoms with Crippen LogP contribution in [-0.4, -0.2) is 42.5 Å². The van der Waals surface area contributed by atoms with Crippen molar-refractivity contribution in [3.8, 4) is 0 Å². The van der Waals surface area contributed by atoms with Gasteiger partial charge >= 0.3 is 0 Å². The van der Waals surface area contributed by atoms with Crippen molar-refractivity contribution in [1.29, 1.82) is 0 Å². The number of nitro benzene ring substituents is 1. The lowest BCUT2D eigenvalue weighted by Crippen LogP contribution is -2.30. The van der Waals surface area contributed by atoms with Crippen molar-refractivity contribution in [3.05, 3.63) is 33.3 Å². The minimum absolute atomic E-state index is 0.0489. The molecule has 1 aliphatic rings. The van der Waals surface area contributed by atoms with Gasteiger partial charge in [-0.1, -0.05) is 11.6 Å². The van der Waals surface area contributed by atoms with E-state index in [0.717, 1.165) is 25.9 Å². The Bertz CT molecular complexity index is 582. The van der Waals surface area contributed by atoms with E-state index in [-0.39, 0.29) is 11.8 Å². The summed E-state index contributed by atoms with van der Waals surface area (Å²) in [5.41, 5.74) is 0.352. The summed E-state index contributed by atoms with van der Waals surface area (Å²) in [6.07, 6.45) is 3.19. The molecule has 1 atom stereocenters. The van der Waals surface area contributed by atoms with Gasteiger partial charge in [-0.2, -0.15) is 0 Å². The van der Waals surface area contributed by atoms with Crippen LogP contribution in [0.15, 0.2) is 18.2 Å². The maximum Gasteiger partial charge on any atom is 0.271 e. The molecule has 0 unspecified atom stereocenters. The zero-order valence-electron chi connectivity index (χ0n) is 13.1. The van der Waals surface area contributed by atoms with Gasteiger partial charge in [0.2, 0.25) is 0 Å². The van der Waals surface area contributed by atoms with E-state index in [1.807, 2.05) is 0 Å². The Hall–Kier alpha value is -1.48. The van der Waals surface area contributed by atoms with Crippen LogP contribution in [0.25, 0.3) is 0 Å². The fourth-order valence-electron chi connectivity index (χ4n) is 2.26. The number of nitrogens with zero attached hydrogens (tertiary/aromatic N) is 1. The Morgan fingerprint density at radius 3 is 3.08 bits per heavy atom. The van der Waals surface area contributed by atoms with E-state index >= 15 is 0 Å². The number of hydrogen-bond donors (Lipinski definition) is 2. The number of thiocarbonyl (C=S) groups is 1. The lowest BCUT2D eigenvalue weighted by atomic mass is 10.2. The van der Waals surface area contributed by atoms with Crippen molar-refractivity contribution in [2.24, 2.45) is 0 Å². The number of nitro groups is 1. The second-order valence-corrected chi connectivity index (χ2v) is 6.18. The van der Waals surface area contributed by atoms with Crippen molar-refractivity contribution in [2.45, 2.75) is 25.4 Å². The van der Waals surface area contributed by atoms with Crippen LogP contribution in [0.4, 0.5) is 11.4 Å². The lowest BCUT2D eigenvalue weighted by Gasteiger charge is -2.12. The van der Waals surface area contributed by atoms with Crippen molar-refractivity contribution in [2.75, 3.05) is 31.7 Å². The Kier molecular flexibility index (Phi) is 7.64. The van der Waals surface area contributed by atoms with Gasteiger partial charge in [-0.3, -0.25) is 10.1 Å². The molecule has 1 aromatic carbocycles. The Balaban J connectivity index is 1.64. The predicted octanol–water partition coefficient (Wildman–Crippen LogP) is 3.12. The average molecular weight is 374 g/mol. The molecule has 0 saturated carbocycles. The molecule has 2 N–H and O–H groups in total. The molecule has 1 aromatic rings. The monoisotopic (exact) mass is 373 g/mol. The van der Waals surface area contributed by atoms with E-state index in [2.05, 4.69) is 10.6 Å². The van der Waals surface area contributed by atoms with Gasteiger partial charge in [0.15, 0.2) is 5.11 Å². The molecule has 1 aliphatic heterocycles. The lowest BCUT2D eigenvalue weighted by molar-refractivity contribution is -0.384. The molecule has 2 rings (SSSR count). The molecule has 132 valence electrons. The summed E-state index contributed by atoms with van der Waals surface area (Å²) in [5, 5.41) is 17.4. The third-order valence-electron chi connectivity index (χ3n) is 3.49. The summed E-state index contributed by atoms with van der Waals surface area (Å²) in [6.45, 7) is 2.71. The summed E-state index contributed by atoms with van der Waals surface area (Å²) >= 11 is 11.2. The molecule has 0 aliphatic carbocycles. The fourth-order valence-corrected chi connectivity index (χ4v) is 2.63. The third kappa shape index (κ3) is 6.20. The number of hydrogen-bond acceptors (Lipinski definition) is 5. The standard InChI is InChI=1S/C15H20ClN3O4S/c16-13-5-4-11(19(20)21)9-14(13)18-15(24)17-6-2-7-22-10-12-3-1-8-23-12/h4-5,9,12H,1-3,6-8,10H2,(H2,17,18,24)/t12-/m0/s1. The van der Waals surface area contributed by atoms with E-state index in [0.29, 0.717) is 35.6 Å². The topological polar surface area (TPSA) is 85.7 Å². The first-order valence-corrected chi connectivity index (χ1v) is 8.53. The van der Waals surface area contributed by atoms with Crippen molar-refractivity contribution < 1.29 is 14.4 Å². The Morgan fingerprint density at radius 2 is 2.38 bits per heavy atom. The zero-order chi connectivity index (χ0) is 17.4. The number of benzene rings is 1. The van der Waals surface area contributed by atoms with E-state index in [4.69, 9.17) is 33.3 Å². The number of rotatable bonds is 8. The normalized spacial score (nSPS) is 16.8. The molecule has 9 heteroatoms. The minimum Gasteiger partial charge on any atom is -0.379 e. The van der Waals surface area contributed by atoms with Crippen molar-refractivity contribution >= 4 is 40.3 Å². The molecule has 0 radical (unpaired) electrons. The maximum absolute atomic E-state index is 10.8. The average Bonchev–Trinajstić information content (AvgIpc) is 3.06. The molecule has 1 fully saturated rings. The van der Waals surface area contributed by atoms with E-state index in [1.165, 1.54) is 18.2 Å². The van der Waals surface area contributed by atoms with Crippen LogP contribution in [0, 0.1) is 10.1 Å². The number of ether oxygens (including phenoxy) is 2. The predicted molar refractivity (Wildman–Crippen MR) is 96.7 cm³/mol. The van der Waals surface area contributed by atoms with Crippen LogP contribution in [0.2, 0.25) is 5.02 Å². The van der Waals surface area contributed by atoms with Crippen LogP contribution in [0.5, 0.6) is 0 Å². The second-order valence-electron chi connectivity index (χ2n) is 5.37. The van der Waals surface area contributed by atoms with E-state index in [9.17, 15) is 10.1 Å². The van der Waals surface area contributed by atoms with Gasteiger partial charge in [-0.15, -0.1) is 0 Å². The van der Waals surface area contributed by atoms with E-state index in [1.54, 1.807) is 0 Å². The van der Waals surface area contributed by atoms with Crippen LogP contribution in [0.1, 0.15) is 19.3 Å². The molecular weight excluding hydrogens is 354 g/mol. The molecule has 0 bridgehead atoms. The smallest absolute Gasteiger partial charge is 0.271 e. The largest absolute Gasteiger partial charge is 0.379 e. The number of non-ortho nitro benzene ring substituents is 1. The van der Waals surface area contributed by atoms with Gasteiger partial charge in [-0.25, -0.2) is 0 Å². The molecule has 7 nitrogen and oxygen atoms in total. The molecule has 0 aromatic heterocycles. The first kappa shape index (κ1) is 18.9. The van der Waals surface area contributed by atoms with Gasteiger partial charge in [0.1, 0.15) is 0 Å². The Morgan fingerprint density at radius 1 is 1.54 bits per heavy atom. The van der Waals surface area contributed by atoms with Gasteiger partial charge in [0, 0.05) is 31.9 Å². The van der Waals surface area contributed by atoms with Crippen LogP contribution in [0.3, 0.4) is 0 Å². The highest BCUT2D eigenvalue weighted by Gasteiger charge is 2.15. The fraction of sp³-hybridized carbons (Fsp3) is 0.533. The van der Waals surface area contributed by atoms with Crippen molar-refractivity contribution in [1.82, 2.24) is 5.32 Å². The first-order valence-electron chi connectivity index (χ1n) is 7.74. The summed E-state index contributed by atoms with van der Waals surface area (Å²) in [5.74, 6) is 0. The number of anilines is 1. The highest BCUT2D eigenvalue weighted by Crippen LogP contribution is 2.26. The van der Waals surface area contributed by atoms with Gasteiger partial charge in [0.05, 0.1) is 28.3 Å².